The molecule has 3 aromatic carbocycles. The van der Waals surface area contributed by atoms with Gasteiger partial charge in [0.15, 0.2) is 0 Å². The zero-order valence-corrected chi connectivity index (χ0v) is 14.8. The van der Waals surface area contributed by atoms with E-state index < -0.39 is 17.5 Å². The quantitative estimate of drug-likeness (QED) is 0.478. The van der Waals surface area contributed by atoms with Crippen LogP contribution >= 0.6 is 0 Å². The molecule has 0 atom stereocenters. The molecule has 27 heavy (non-hydrogen) atoms. The number of benzene rings is 3. The van der Waals surface area contributed by atoms with Gasteiger partial charge in [-0.05, 0) is 55.0 Å². The standard InChI is InChI=1S/C21H17F3N2O/c1-13-5-3-6-16(22)19(13)25-21(14-9-11-15(27-2)12-10-14)26-20-17(23)7-4-8-18(20)24/h3-12H,1-2H3,(H,25,26). The second kappa shape index (κ2) is 7.95. The highest BCUT2D eigenvalue weighted by molar-refractivity contribution is 6.09. The summed E-state index contributed by atoms with van der Waals surface area (Å²) in [5.41, 5.74) is 0.839. The topological polar surface area (TPSA) is 33.6 Å². The maximum Gasteiger partial charge on any atom is 0.149 e. The fourth-order valence-electron chi connectivity index (χ4n) is 2.53. The van der Waals surface area contributed by atoms with E-state index in [1.807, 2.05) is 0 Å². The minimum absolute atomic E-state index is 0.0903. The van der Waals surface area contributed by atoms with Crippen LogP contribution in [0.4, 0.5) is 24.5 Å². The van der Waals surface area contributed by atoms with Crippen molar-refractivity contribution in [1.29, 1.82) is 0 Å². The van der Waals surface area contributed by atoms with Crippen molar-refractivity contribution in [2.75, 3.05) is 12.4 Å². The minimum atomic E-state index is -0.776. The number of hydrogen-bond donors (Lipinski definition) is 1. The Bertz CT molecular complexity index is 945. The predicted molar refractivity (Wildman–Crippen MR) is 100 cm³/mol. The fraction of sp³-hybridized carbons (Fsp3) is 0.0952. The van der Waals surface area contributed by atoms with Gasteiger partial charge < -0.3 is 10.1 Å². The van der Waals surface area contributed by atoms with Gasteiger partial charge in [0.2, 0.25) is 0 Å². The van der Waals surface area contributed by atoms with Crippen molar-refractivity contribution in [3.8, 4) is 5.75 Å². The van der Waals surface area contributed by atoms with Crippen molar-refractivity contribution >= 4 is 17.2 Å². The first-order valence-electron chi connectivity index (χ1n) is 8.19. The molecule has 0 saturated heterocycles. The second-order valence-corrected chi connectivity index (χ2v) is 5.82. The van der Waals surface area contributed by atoms with Crippen molar-refractivity contribution in [1.82, 2.24) is 0 Å². The number of nitrogens with zero attached hydrogens (tertiary/aromatic N) is 1. The Kier molecular flexibility index (Phi) is 5.45. The van der Waals surface area contributed by atoms with Crippen LogP contribution in [0, 0.1) is 24.4 Å². The van der Waals surface area contributed by atoms with E-state index in [4.69, 9.17) is 4.74 Å². The van der Waals surface area contributed by atoms with E-state index in [1.54, 1.807) is 43.3 Å². The van der Waals surface area contributed by atoms with Gasteiger partial charge in [0, 0.05) is 5.56 Å². The maximum absolute atomic E-state index is 14.2. The van der Waals surface area contributed by atoms with Crippen molar-refractivity contribution in [2.24, 2.45) is 4.99 Å². The summed E-state index contributed by atoms with van der Waals surface area (Å²) < 4.78 is 47.5. The van der Waals surface area contributed by atoms with E-state index in [0.29, 0.717) is 16.9 Å². The Morgan fingerprint density at radius 1 is 0.852 bits per heavy atom. The smallest absolute Gasteiger partial charge is 0.149 e. The Morgan fingerprint density at radius 2 is 1.44 bits per heavy atom. The zero-order valence-electron chi connectivity index (χ0n) is 14.8. The molecule has 3 nitrogen and oxygen atoms in total. The summed E-state index contributed by atoms with van der Waals surface area (Å²) >= 11 is 0. The van der Waals surface area contributed by atoms with Crippen LogP contribution in [-0.4, -0.2) is 12.9 Å². The van der Waals surface area contributed by atoms with Gasteiger partial charge in [-0.2, -0.15) is 0 Å². The summed E-state index contributed by atoms with van der Waals surface area (Å²) in [6.45, 7) is 1.71. The van der Waals surface area contributed by atoms with Crippen molar-refractivity contribution in [3.63, 3.8) is 0 Å². The van der Waals surface area contributed by atoms with E-state index in [1.165, 1.54) is 19.2 Å². The van der Waals surface area contributed by atoms with Gasteiger partial charge in [-0.3, -0.25) is 0 Å². The Balaban J connectivity index is 2.12. The zero-order chi connectivity index (χ0) is 19.4. The molecule has 0 aliphatic heterocycles. The molecule has 0 amide bonds. The summed E-state index contributed by atoms with van der Waals surface area (Å²) in [6, 6.07) is 14.8. The van der Waals surface area contributed by atoms with Crippen molar-refractivity contribution in [2.45, 2.75) is 6.92 Å². The molecule has 0 radical (unpaired) electrons. The minimum Gasteiger partial charge on any atom is -0.497 e. The van der Waals surface area contributed by atoms with E-state index in [2.05, 4.69) is 10.3 Å². The van der Waals surface area contributed by atoms with Gasteiger partial charge in [0.25, 0.3) is 0 Å². The summed E-state index contributed by atoms with van der Waals surface area (Å²) in [5, 5.41) is 2.66. The largest absolute Gasteiger partial charge is 0.497 e. The highest BCUT2D eigenvalue weighted by Gasteiger charge is 2.14. The molecule has 3 rings (SSSR count). The Morgan fingerprint density at radius 3 is 2.04 bits per heavy atom. The third-order valence-corrected chi connectivity index (χ3v) is 3.98. The normalized spacial score (nSPS) is 11.4. The first kappa shape index (κ1) is 18.5. The molecular weight excluding hydrogens is 353 g/mol. The molecule has 0 aliphatic rings. The van der Waals surface area contributed by atoms with E-state index >= 15 is 0 Å². The van der Waals surface area contributed by atoms with Gasteiger partial charge in [0.1, 0.15) is 40.4 Å². The van der Waals surface area contributed by atoms with Crippen molar-refractivity contribution < 1.29 is 17.9 Å². The van der Waals surface area contributed by atoms with Gasteiger partial charge >= 0.3 is 0 Å². The number of halogens is 3. The molecule has 1 N–H and O–H groups in total. The predicted octanol–water partition coefficient (Wildman–Crippen LogP) is 5.61. The summed E-state index contributed by atoms with van der Waals surface area (Å²) in [5.74, 6) is -1.37. The summed E-state index contributed by atoms with van der Waals surface area (Å²) in [7, 11) is 1.53. The summed E-state index contributed by atoms with van der Waals surface area (Å²) in [4.78, 5) is 4.32. The first-order chi connectivity index (χ1) is 13.0. The van der Waals surface area contributed by atoms with Crippen LogP contribution in [-0.2, 0) is 0 Å². The number of methoxy groups -OCH3 is 1. The molecule has 3 aromatic rings. The molecule has 0 bridgehead atoms. The van der Waals surface area contributed by atoms with Gasteiger partial charge in [-0.25, -0.2) is 18.2 Å². The van der Waals surface area contributed by atoms with Crippen LogP contribution in [0.3, 0.4) is 0 Å². The van der Waals surface area contributed by atoms with Gasteiger partial charge in [-0.1, -0.05) is 18.2 Å². The maximum atomic E-state index is 14.2. The van der Waals surface area contributed by atoms with Crippen LogP contribution in [0.1, 0.15) is 11.1 Å². The second-order valence-electron chi connectivity index (χ2n) is 5.82. The fourth-order valence-corrected chi connectivity index (χ4v) is 2.53. The molecule has 0 saturated carbocycles. The lowest BCUT2D eigenvalue weighted by Gasteiger charge is -2.13. The first-order valence-corrected chi connectivity index (χ1v) is 8.19. The lowest BCUT2D eigenvalue weighted by molar-refractivity contribution is 0.415. The summed E-state index contributed by atoms with van der Waals surface area (Å²) in [6.07, 6.45) is 0. The molecule has 0 aromatic heterocycles. The van der Waals surface area contributed by atoms with Crippen LogP contribution in [0.15, 0.2) is 65.7 Å². The molecule has 6 heteroatoms. The van der Waals surface area contributed by atoms with Crippen molar-refractivity contribution in [3.05, 3.63) is 89.2 Å². The number of amidine groups is 1. The molecule has 0 fully saturated rings. The molecule has 0 aliphatic carbocycles. The van der Waals surface area contributed by atoms with Crippen LogP contribution < -0.4 is 10.1 Å². The van der Waals surface area contributed by atoms with E-state index in [9.17, 15) is 13.2 Å². The average molecular weight is 370 g/mol. The number of aliphatic imine (C=N–C) groups is 1. The van der Waals surface area contributed by atoms with Crippen LogP contribution in [0.25, 0.3) is 0 Å². The number of aryl methyl sites for hydroxylation is 1. The monoisotopic (exact) mass is 370 g/mol. The van der Waals surface area contributed by atoms with Crippen LogP contribution in [0.2, 0.25) is 0 Å². The SMILES string of the molecule is COc1ccc(C(=Nc2c(C)cccc2F)Nc2c(F)cccc2F)cc1. The number of nitrogens with one attached hydrogen (secondary N) is 1. The lowest BCUT2D eigenvalue weighted by Crippen LogP contribution is -2.16. The third-order valence-electron chi connectivity index (χ3n) is 3.98. The van der Waals surface area contributed by atoms with E-state index in [-0.39, 0.29) is 17.2 Å². The third kappa shape index (κ3) is 4.11. The van der Waals surface area contributed by atoms with Gasteiger partial charge in [0.05, 0.1) is 7.11 Å². The molecule has 138 valence electrons. The number of ether oxygens (including phenoxy) is 1. The highest BCUT2D eigenvalue weighted by Crippen LogP contribution is 2.26. The molecule has 0 unspecified atom stereocenters. The highest BCUT2D eigenvalue weighted by atomic mass is 19.1. The molecule has 0 spiro atoms. The lowest BCUT2D eigenvalue weighted by atomic mass is 10.1. The van der Waals surface area contributed by atoms with Crippen LogP contribution in [0.5, 0.6) is 5.75 Å². The number of hydrogen-bond acceptors (Lipinski definition) is 2. The Labute approximate surface area is 155 Å². The number of rotatable bonds is 4. The molecule has 0 heterocycles. The Hall–Kier alpha value is -3.28. The van der Waals surface area contributed by atoms with Gasteiger partial charge in [-0.15, -0.1) is 0 Å². The molecular formula is C21H17F3N2O. The number of anilines is 1. The average Bonchev–Trinajstić information content (AvgIpc) is 2.66. The van der Waals surface area contributed by atoms with E-state index in [0.717, 1.165) is 12.1 Å². The number of para-hydroxylation sites is 2.